The molecule has 3 aromatic rings. The molecular weight excluding hydrogens is 306 g/mol. The second-order valence-electron chi connectivity index (χ2n) is 5.77. The lowest BCUT2D eigenvalue weighted by Gasteiger charge is -2.01. The number of thiazole rings is 1. The van der Waals surface area contributed by atoms with Crippen LogP contribution in [0.5, 0.6) is 0 Å². The third kappa shape index (κ3) is 3.45. The van der Waals surface area contributed by atoms with E-state index in [4.69, 9.17) is 4.42 Å². The summed E-state index contributed by atoms with van der Waals surface area (Å²) in [5, 5.41) is 7.77. The summed E-state index contributed by atoms with van der Waals surface area (Å²) in [6, 6.07) is 10.1. The summed E-state index contributed by atoms with van der Waals surface area (Å²) in [5.41, 5.74) is 1.83. The van der Waals surface area contributed by atoms with Gasteiger partial charge in [0, 0.05) is 23.5 Å². The molecule has 0 unspecified atom stereocenters. The predicted octanol–water partition coefficient (Wildman–Crippen LogP) is 4.76. The molecule has 0 atom stereocenters. The van der Waals surface area contributed by atoms with Gasteiger partial charge in [0.15, 0.2) is 5.76 Å². The van der Waals surface area contributed by atoms with Crippen molar-refractivity contribution in [2.24, 2.45) is 16.0 Å². The Balaban J connectivity index is 2.07. The summed E-state index contributed by atoms with van der Waals surface area (Å²) in [7, 11) is 0. The molecule has 2 heterocycles. The molecule has 0 saturated carbocycles. The summed E-state index contributed by atoms with van der Waals surface area (Å²) in [5.74, 6) is 1.40. The number of rotatable bonds is 5. The highest BCUT2D eigenvalue weighted by atomic mass is 32.1. The van der Waals surface area contributed by atoms with Gasteiger partial charge in [-0.3, -0.25) is 4.99 Å². The fourth-order valence-electron chi connectivity index (χ4n) is 2.27. The van der Waals surface area contributed by atoms with Gasteiger partial charge in [0.1, 0.15) is 11.3 Å². The van der Waals surface area contributed by atoms with Gasteiger partial charge in [0.05, 0.1) is 0 Å². The molecule has 120 valence electrons. The van der Waals surface area contributed by atoms with Crippen molar-refractivity contribution in [3.05, 3.63) is 40.5 Å². The van der Waals surface area contributed by atoms with Crippen molar-refractivity contribution in [2.75, 3.05) is 6.54 Å². The Bertz CT molecular complexity index is 850. The largest absolute Gasteiger partial charge is 0.454 e. The van der Waals surface area contributed by atoms with Crippen LogP contribution in [0, 0.1) is 5.92 Å². The monoisotopic (exact) mass is 327 g/mol. The quantitative estimate of drug-likeness (QED) is 0.623. The van der Waals surface area contributed by atoms with Gasteiger partial charge >= 0.3 is 0 Å². The molecule has 0 aliphatic heterocycles. The van der Waals surface area contributed by atoms with Crippen molar-refractivity contribution >= 4 is 28.5 Å². The molecule has 3 rings (SSSR count). The third-order valence-corrected chi connectivity index (χ3v) is 4.28. The number of hydrogen-bond acceptors (Lipinski definition) is 4. The van der Waals surface area contributed by atoms with Crippen LogP contribution >= 0.6 is 11.3 Å². The molecule has 0 aliphatic rings. The normalized spacial score (nSPS) is 13.0. The molecule has 0 saturated heterocycles. The van der Waals surface area contributed by atoms with Crippen molar-refractivity contribution in [3.63, 3.8) is 0 Å². The molecule has 1 aromatic carbocycles. The number of fused-ring (bicyclic) bond motifs is 1. The van der Waals surface area contributed by atoms with E-state index in [0.29, 0.717) is 5.92 Å². The van der Waals surface area contributed by atoms with Crippen LogP contribution in [0.1, 0.15) is 27.2 Å². The Morgan fingerprint density at radius 3 is 2.87 bits per heavy atom. The first kappa shape index (κ1) is 15.7. The van der Waals surface area contributed by atoms with Crippen LogP contribution in [0.4, 0.5) is 0 Å². The number of para-hydroxylation sites is 1. The zero-order valence-electron chi connectivity index (χ0n) is 13.7. The number of benzene rings is 1. The Hall–Kier alpha value is -2.14. The van der Waals surface area contributed by atoms with Gasteiger partial charge in [0.2, 0.25) is 4.80 Å². The molecule has 5 heteroatoms. The lowest BCUT2D eigenvalue weighted by molar-refractivity contribution is 0.621. The van der Waals surface area contributed by atoms with Gasteiger partial charge in [-0.1, -0.05) is 32.0 Å². The summed E-state index contributed by atoms with van der Waals surface area (Å²) in [6.07, 6.45) is 2.90. The Kier molecular flexibility index (Phi) is 4.76. The van der Waals surface area contributed by atoms with E-state index in [2.05, 4.69) is 41.5 Å². The molecule has 23 heavy (non-hydrogen) atoms. The Labute approximate surface area is 139 Å². The highest BCUT2D eigenvalue weighted by molar-refractivity contribution is 7.07. The fraction of sp³-hybridized carbons (Fsp3) is 0.333. The van der Waals surface area contributed by atoms with Gasteiger partial charge in [-0.05, 0) is 31.4 Å². The van der Waals surface area contributed by atoms with Crippen LogP contribution in [0.3, 0.4) is 0 Å². The molecule has 0 radical (unpaired) electrons. The molecule has 0 amide bonds. The van der Waals surface area contributed by atoms with Gasteiger partial charge in [-0.15, -0.1) is 11.3 Å². The highest BCUT2D eigenvalue weighted by Crippen LogP contribution is 2.28. The van der Waals surface area contributed by atoms with Crippen molar-refractivity contribution in [1.82, 2.24) is 4.68 Å². The molecular formula is C18H21N3OS. The minimum Gasteiger partial charge on any atom is -0.454 e. The summed E-state index contributed by atoms with van der Waals surface area (Å²) >= 11 is 1.59. The standard InChI is InChI=1S/C18H21N3OS/c1-4-19-18-21(20-10-9-13(2)3)15(12-23-18)17-11-14-7-5-6-8-16(14)22-17/h5-8,10-13H,4,9H2,1-3H3. The molecule has 0 bridgehead atoms. The average molecular weight is 327 g/mol. The lowest BCUT2D eigenvalue weighted by Crippen LogP contribution is -2.12. The van der Waals surface area contributed by atoms with E-state index >= 15 is 0 Å². The van der Waals surface area contributed by atoms with Gasteiger partial charge in [0.25, 0.3) is 0 Å². The number of aromatic nitrogens is 1. The van der Waals surface area contributed by atoms with E-state index in [1.807, 2.05) is 36.0 Å². The second-order valence-corrected chi connectivity index (χ2v) is 6.60. The zero-order chi connectivity index (χ0) is 16.2. The molecule has 0 spiro atoms. The molecule has 4 nitrogen and oxygen atoms in total. The van der Waals surface area contributed by atoms with Crippen molar-refractivity contribution in [1.29, 1.82) is 0 Å². The lowest BCUT2D eigenvalue weighted by atomic mass is 10.2. The molecule has 0 N–H and O–H groups in total. The van der Waals surface area contributed by atoms with Crippen molar-refractivity contribution in [2.45, 2.75) is 27.2 Å². The topological polar surface area (TPSA) is 42.8 Å². The van der Waals surface area contributed by atoms with E-state index in [9.17, 15) is 0 Å². The van der Waals surface area contributed by atoms with Gasteiger partial charge in [-0.25, -0.2) is 4.68 Å². The fourth-order valence-corrected chi connectivity index (χ4v) is 3.15. The smallest absolute Gasteiger partial charge is 0.206 e. The van der Waals surface area contributed by atoms with Gasteiger partial charge < -0.3 is 4.42 Å². The highest BCUT2D eigenvalue weighted by Gasteiger charge is 2.12. The van der Waals surface area contributed by atoms with E-state index in [1.165, 1.54) is 0 Å². The summed E-state index contributed by atoms with van der Waals surface area (Å²) in [6.45, 7) is 7.13. The maximum atomic E-state index is 5.98. The average Bonchev–Trinajstić information content (AvgIpc) is 3.11. The zero-order valence-corrected chi connectivity index (χ0v) is 14.5. The van der Waals surface area contributed by atoms with Crippen LogP contribution in [-0.2, 0) is 0 Å². The number of hydrogen-bond donors (Lipinski definition) is 0. The first-order valence-electron chi connectivity index (χ1n) is 7.92. The number of furan rings is 1. The second kappa shape index (κ2) is 6.96. The first-order valence-corrected chi connectivity index (χ1v) is 8.79. The number of nitrogens with zero attached hydrogens (tertiary/aromatic N) is 3. The molecule has 0 aliphatic carbocycles. The van der Waals surface area contributed by atoms with Crippen LogP contribution in [0.2, 0.25) is 0 Å². The first-order chi connectivity index (χ1) is 11.2. The van der Waals surface area contributed by atoms with Crippen LogP contribution in [-0.4, -0.2) is 17.4 Å². The Morgan fingerprint density at radius 2 is 2.13 bits per heavy atom. The van der Waals surface area contributed by atoms with E-state index in [1.54, 1.807) is 11.3 Å². The van der Waals surface area contributed by atoms with Gasteiger partial charge in [-0.2, -0.15) is 5.10 Å². The maximum Gasteiger partial charge on any atom is 0.206 e. The minimum atomic E-state index is 0.583. The maximum absolute atomic E-state index is 5.98. The van der Waals surface area contributed by atoms with Crippen molar-refractivity contribution < 1.29 is 4.42 Å². The molecule has 2 aromatic heterocycles. The van der Waals surface area contributed by atoms with Crippen molar-refractivity contribution in [3.8, 4) is 11.5 Å². The van der Waals surface area contributed by atoms with E-state index < -0.39 is 0 Å². The predicted molar refractivity (Wildman–Crippen MR) is 97.0 cm³/mol. The van der Waals surface area contributed by atoms with E-state index in [-0.39, 0.29) is 0 Å². The Morgan fingerprint density at radius 1 is 1.30 bits per heavy atom. The van der Waals surface area contributed by atoms with Crippen LogP contribution in [0.15, 0.2) is 50.2 Å². The van der Waals surface area contributed by atoms with Crippen LogP contribution < -0.4 is 4.80 Å². The van der Waals surface area contributed by atoms with Crippen LogP contribution in [0.25, 0.3) is 22.4 Å². The molecule has 0 fully saturated rings. The van der Waals surface area contributed by atoms with E-state index in [0.717, 1.165) is 40.2 Å². The minimum absolute atomic E-state index is 0.583. The third-order valence-electron chi connectivity index (χ3n) is 3.43. The summed E-state index contributed by atoms with van der Waals surface area (Å²) in [4.78, 5) is 5.42. The SMILES string of the molecule is CCN=c1scc(-c2cc3ccccc3o2)n1N=CCC(C)C. The summed E-state index contributed by atoms with van der Waals surface area (Å²) < 4.78 is 7.87.